The van der Waals surface area contributed by atoms with Gasteiger partial charge in [-0.15, -0.1) is 0 Å². The van der Waals surface area contributed by atoms with E-state index < -0.39 is 24.6 Å². The summed E-state index contributed by atoms with van der Waals surface area (Å²) in [6.07, 6.45) is 0. The molecule has 2 aliphatic heterocycles. The first kappa shape index (κ1) is 54.1. The molecule has 2 aliphatic rings. The Morgan fingerprint density at radius 1 is 0.337 bits per heavy atom. The highest BCUT2D eigenvalue weighted by atomic mass is 31.2. The summed E-state index contributed by atoms with van der Waals surface area (Å²) in [7, 11) is -7.71. The number of nitrogens with zero attached hydrogens (tertiary/aromatic N) is 2. The topological polar surface area (TPSA) is 228 Å². The molecule has 2 heterocycles. The molecule has 0 aromatic heterocycles. The number of nitrogen functional groups attached to an aromatic ring is 2. The van der Waals surface area contributed by atoms with E-state index in [4.69, 9.17) is 39.5 Å². The van der Waals surface area contributed by atoms with Gasteiger partial charge in [0.25, 0.3) is 11.4 Å². The minimum atomic E-state index is -3.95. The predicted molar refractivity (Wildman–Crippen MR) is 335 cm³/mol. The van der Waals surface area contributed by atoms with Gasteiger partial charge in [-0.1, -0.05) is 121 Å². The first-order valence-electron chi connectivity index (χ1n) is 26.8. The second-order valence-electron chi connectivity index (χ2n) is 19.9. The molecule has 0 aliphatic carbocycles. The third-order valence-corrected chi connectivity index (χ3v) is 19.4. The van der Waals surface area contributed by atoms with Crippen molar-refractivity contribution >= 4 is 80.3 Å². The van der Waals surface area contributed by atoms with Crippen molar-refractivity contribution in [1.29, 1.82) is 0 Å². The van der Waals surface area contributed by atoms with Crippen LogP contribution < -0.4 is 60.7 Å². The van der Waals surface area contributed by atoms with E-state index in [2.05, 4.69) is 0 Å². The zero-order valence-electron chi connectivity index (χ0n) is 45.1. The van der Waals surface area contributed by atoms with Crippen molar-refractivity contribution in [2.24, 2.45) is 0 Å². The maximum atomic E-state index is 15.4. The molecule has 420 valence electrons. The van der Waals surface area contributed by atoms with E-state index in [1.54, 1.807) is 97.1 Å². The molecule has 0 saturated heterocycles. The molecule has 2 atom stereocenters. The fourth-order valence-corrected chi connectivity index (χ4v) is 15.3. The van der Waals surface area contributed by atoms with Crippen LogP contribution in [0, 0.1) is 20.2 Å². The molecule has 0 bridgehead atoms. The van der Waals surface area contributed by atoms with Crippen molar-refractivity contribution < 1.29 is 47.0 Å². The van der Waals surface area contributed by atoms with E-state index in [0.29, 0.717) is 84.1 Å². The summed E-state index contributed by atoms with van der Waals surface area (Å²) in [5.74, 6) is 4.23. The molecule has 16 nitrogen and oxygen atoms in total. The smallest absolute Gasteiger partial charge is 0.311 e. The van der Waals surface area contributed by atoms with Gasteiger partial charge < -0.3 is 39.5 Å². The lowest BCUT2D eigenvalue weighted by atomic mass is 10.0. The number of ether oxygens (including phenoxy) is 4. The summed E-state index contributed by atoms with van der Waals surface area (Å²) >= 11 is 0. The van der Waals surface area contributed by atoms with Crippen LogP contribution in [0.15, 0.2) is 255 Å². The van der Waals surface area contributed by atoms with Crippen molar-refractivity contribution in [1.82, 2.24) is 0 Å². The van der Waals surface area contributed by atoms with Crippen LogP contribution >= 0.6 is 14.7 Å². The normalized spacial score (nSPS) is 15.2. The van der Waals surface area contributed by atoms with Crippen LogP contribution in [0.1, 0.15) is 0 Å². The largest absolute Gasteiger partial charge is 0.457 e. The molecule has 0 amide bonds. The Morgan fingerprint density at radius 3 is 1.01 bits per heavy atom. The Morgan fingerprint density at radius 2 is 0.640 bits per heavy atom. The fourth-order valence-electron chi connectivity index (χ4n) is 10.4. The molecule has 12 aromatic carbocycles. The van der Waals surface area contributed by atoms with Crippen molar-refractivity contribution in [2.75, 3.05) is 11.5 Å². The number of para-hydroxylation sites is 2. The number of fused-ring (bicyclic) bond motifs is 8. The average Bonchev–Trinajstić information content (AvgIpc) is 0.801. The van der Waals surface area contributed by atoms with E-state index in [1.165, 1.54) is 48.5 Å². The lowest BCUT2D eigenvalue weighted by Gasteiger charge is -2.30. The van der Waals surface area contributed by atoms with Crippen molar-refractivity contribution in [3.05, 3.63) is 275 Å². The van der Waals surface area contributed by atoms with Gasteiger partial charge in [-0.3, -0.25) is 29.4 Å². The number of rotatable bonds is 12. The molecular formula is C68H46N4O12P2. The Bertz CT molecular complexity index is 4760. The number of non-ortho nitro benzene ring substituents is 2. The molecule has 2 unspecified atom stereocenters. The number of hydrogen-bond acceptors (Lipinski definition) is 14. The van der Waals surface area contributed by atoms with Crippen LogP contribution in [-0.4, -0.2) is 9.85 Å². The number of nitro groups is 2. The summed E-state index contributed by atoms with van der Waals surface area (Å²) in [5.41, 5.74) is 16.2. The highest BCUT2D eigenvalue weighted by Gasteiger charge is 2.43. The number of nitro benzene ring substituents is 2. The van der Waals surface area contributed by atoms with Gasteiger partial charge in [-0.2, -0.15) is 0 Å². The molecular weight excluding hydrogens is 1130 g/mol. The number of hydrogen-bond donors (Lipinski definition) is 2. The van der Waals surface area contributed by atoms with Gasteiger partial charge in [0, 0.05) is 68.3 Å². The summed E-state index contributed by atoms with van der Waals surface area (Å²) in [4.78, 5) is 21.5. The monoisotopic (exact) mass is 1170 g/mol. The minimum absolute atomic E-state index is 0.0879. The third-order valence-electron chi connectivity index (χ3n) is 14.5. The Kier molecular flexibility index (Phi) is 14.0. The van der Waals surface area contributed by atoms with Crippen molar-refractivity contribution in [3.8, 4) is 79.7 Å². The molecule has 12 aromatic rings. The van der Waals surface area contributed by atoms with Gasteiger partial charge in [-0.05, 0) is 120 Å². The van der Waals surface area contributed by atoms with Crippen LogP contribution in [0.2, 0.25) is 0 Å². The van der Waals surface area contributed by atoms with Crippen LogP contribution in [0.25, 0.3) is 43.8 Å². The van der Waals surface area contributed by atoms with Crippen LogP contribution in [-0.2, 0) is 9.13 Å². The van der Waals surface area contributed by atoms with Gasteiger partial charge in [0.1, 0.15) is 57.5 Å². The quantitative estimate of drug-likeness (QED) is 0.0502. The predicted octanol–water partition coefficient (Wildman–Crippen LogP) is 16.4. The van der Waals surface area contributed by atoms with E-state index in [9.17, 15) is 20.2 Å². The molecule has 0 spiro atoms. The third kappa shape index (κ3) is 10.1. The standard InChI is InChI=1S/C34H21N2O8P.C34H25N2O4P/c37-35(38)22-13-17-24(18-14-22)42-31-21-33(45(41)32-12-6-4-9-28(32)26-7-3-5-11-30(26)44-45)34(29-10-2-1-8-27(29)31)43-25-19-15-23(16-20-25)36(39)40;35-22-13-17-24(18-14-22)38-31-21-33(34(29-10-2-1-8-27(29)31)39-25-19-15-23(36)16-20-25)41(37)32-12-6-4-9-28(32)26-7-3-5-11-30(26)40-41/h1-21H;1-21H,35-36H2. The molecule has 0 saturated carbocycles. The van der Waals surface area contributed by atoms with E-state index in [1.807, 2.05) is 109 Å². The lowest BCUT2D eigenvalue weighted by Crippen LogP contribution is -2.26. The Balaban J connectivity index is 0.000000160. The first-order chi connectivity index (χ1) is 41.8. The zero-order valence-corrected chi connectivity index (χ0v) is 46.9. The molecule has 4 N–H and O–H groups in total. The highest BCUT2D eigenvalue weighted by Crippen LogP contribution is 2.59. The van der Waals surface area contributed by atoms with E-state index >= 15 is 9.13 Å². The second-order valence-corrected chi connectivity index (χ2v) is 24.4. The number of anilines is 2. The highest BCUT2D eigenvalue weighted by molar-refractivity contribution is 7.75. The summed E-state index contributed by atoms with van der Waals surface area (Å²) in [6, 6.07) is 73.7. The molecule has 86 heavy (non-hydrogen) atoms. The van der Waals surface area contributed by atoms with Gasteiger partial charge in [0.2, 0.25) is 0 Å². The molecule has 18 heteroatoms. The SMILES string of the molecule is Nc1ccc(Oc2cc(P3(=O)Oc4ccccc4-c4ccccc43)c(Oc3ccc(N)cc3)c3ccccc23)cc1.O=[N+]([O-])c1ccc(Oc2cc(P3(=O)Oc4ccccc4-c4ccccc43)c(Oc3ccc([N+](=O)[O-])cc3)c3ccccc23)cc1. The van der Waals surface area contributed by atoms with Gasteiger partial charge in [0.15, 0.2) is 0 Å². The summed E-state index contributed by atoms with van der Waals surface area (Å²) in [6.45, 7) is 0. The van der Waals surface area contributed by atoms with Gasteiger partial charge >= 0.3 is 14.7 Å². The minimum Gasteiger partial charge on any atom is -0.457 e. The van der Waals surface area contributed by atoms with Crippen LogP contribution in [0.3, 0.4) is 0 Å². The van der Waals surface area contributed by atoms with Gasteiger partial charge in [0.05, 0.1) is 31.1 Å². The number of nitrogens with two attached hydrogens (primary N) is 2. The zero-order chi connectivity index (χ0) is 59.1. The maximum absolute atomic E-state index is 15.4. The molecule has 0 fully saturated rings. The first-order valence-corrected chi connectivity index (χ1v) is 30.1. The van der Waals surface area contributed by atoms with Crippen molar-refractivity contribution in [3.63, 3.8) is 0 Å². The Hall–Kier alpha value is -11.2. The van der Waals surface area contributed by atoms with Crippen LogP contribution in [0.4, 0.5) is 22.7 Å². The lowest BCUT2D eigenvalue weighted by molar-refractivity contribution is -0.385. The van der Waals surface area contributed by atoms with Crippen LogP contribution in [0.5, 0.6) is 57.5 Å². The Labute approximate surface area is 491 Å². The maximum Gasteiger partial charge on any atom is 0.311 e. The number of benzene rings is 12. The van der Waals surface area contributed by atoms with E-state index in [0.717, 1.165) is 33.0 Å². The second kappa shape index (κ2) is 22.2. The summed E-state index contributed by atoms with van der Waals surface area (Å²) in [5, 5.41) is 26.8. The fraction of sp³-hybridized carbons (Fsp3) is 0. The van der Waals surface area contributed by atoms with Gasteiger partial charge in [-0.25, -0.2) is 0 Å². The summed E-state index contributed by atoms with van der Waals surface area (Å²) < 4.78 is 69.3. The average molecular weight is 1170 g/mol. The molecule has 14 rings (SSSR count). The molecule has 0 radical (unpaired) electrons. The van der Waals surface area contributed by atoms with E-state index in [-0.39, 0.29) is 28.2 Å². The van der Waals surface area contributed by atoms with Crippen molar-refractivity contribution in [2.45, 2.75) is 0 Å².